The number of aromatic nitrogens is 3. The molecule has 3 aromatic rings. The van der Waals surface area contributed by atoms with E-state index >= 15 is 0 Å². The minimum atomic E-state index is -4.49. The van der Waals surface area contributed by atoms with Crippen LogP contribution in [-0.4, -0.2) is 26.6 Å². The Labute approximate surface area is 180 Å². The van der Waals surface area contributed by atoms with E-state index in [0.717, 1.165) is 22.9 Å². The van der Waals surface area contributed by atoms with Gasteiger partial charge in [0.05, 0.1) is 12.0 Å². The highest BCUT2D eigenvalue weighted by Crippen LogP contribution is 2.29. The van der Waals surface area contributed by atoms with Crippen LogP contribution in [0.25, 0.3) is 0 Å². The van der Waals surface area contributed by atoms with Crippen LogP contribution in [0.4, 0.5) is 13.2 Å². The summed E-state index contributed by atoms with van der Waals surface area (Å²) in [5.41, 5.74) is 5.12. The number of aryl methyl sites for hydroxylation is 1. The van der Waals surface area contributed by atoms with Gasteiger partial charge in [0.15, 0.2) is 5.16 Å². The van der Waals surface area contributed by atoms with E-state index < -0.39 is 23.6 Å². The Balaban J connectivity index is 1.49. The Kier molecular flexibility index (Phi) is 6.95. The topological polar surface area (TPSA) is 88.9 Å². The van der Waals surface area contributed by atoms with Crippen LogP contribution in [0.5, 0.6) is 0 Å². The zero-order valence-corrected chi connectivity index (χ0v) is 17.1. The summed E-state index contributed by atoms with van der Waals surface area (Å²) >= 11 is 1.50. The first-order valence-corrected chi connectivity index (χ1v) is 10.0. The van der Waals surface area contributed by atoms with Gasteiger partial charge in [0.1, 0.15) is 6.33 Å². The second kappa shape index (κ2) is 9.65. The molecule has 0 aliphatic rings. The van der Waals surface area contributed by atoms with Crippen molar-refractivity contribution < 1.29 is 22.8 Å². The highest BCUT2D eigenvalue weighted by atomic mass is 32.2. The Hall–Kier alpha value is -3.34. The first-order valence-electron chi connectivity index (χ1n) is 9.03. The molecule has 2 amide bonds. The summed E-state index contributed by atoms with van der Waals surface area (Å²) in [7, 11) is 1.84. The molecule has 2 N–H and O–H groups in total. The van der Waals surface area contributed by atoms with Gasteiger partial charge in [-0.25, -0.2) is 0 Å². The number of rotatable bonds is 6. The molecule has 162 valence electrons. The number of alkyl halides is 3. The lowest BCUT2D eigenvalue weighted by molar-refractivity contribution is -0.137. The third-order valence-electron chi connectivity index (χ3n) is 4.19. The first-order chi connectivity index (χ1) is 14.7. The molecule has 3 rings (SSSR count). The van der Waals surface area contributed by atoms with E-state index in [4.69, 9.17) is 0 Å². The van der Waals surface area contributed by atoms with Gasteiger partial charge < -0.3 is 4.57 Å². The number of nitrogens with one attached hydrogen (secondary N) is 2. The molecule has 11 heteroatoms. The fraction of sp³-hybridized carbons (Fsp3) is 0.200. The molecule has 0 radical (unpaired) electrons. The van der Waals surface area contributed by atoms with Gasteiger partial charge in [0.2, 0.25) is 5.91 Å². The molecule has 0 saturated heterocycles. The molecule has 0 atom stereocenters. The molecule has 1 aromatic heterocycles. The van der Waals surface area contributed by atoms with E-state index in [-0.39, 0.29) is 12.0 Å². The van der Waals surface area contributed by atoms with E-state index in [1.165, 1.54) is 23.9 Å². The molecule has 0 fully saturated rings. The van der Waals surface area contributed by atoms with Gasteiger partial charge in [-0.2, -0.15) is 13.2 Å². The number of carbonyl (C=O) groups excluding carboxylic acids is 2. The third-order valence-corrected chi connectivity index (χ3v) is 5.29. The lowest BCUT2D eigenvalue weighted by Gasteiger charge is -2.10. The van der Waals surface area contributed by atoms with Crippen LogP contribution in [0.15, 0.2) is 60.0 Å². The molecule has 31 heavy (non-hydrogen) atoms. The maximum absolute atomic E-state index is 12.7. The summed E-state index contributed by atoms with van der Waals surface area (Å²) in [6, 6.07) is 11.3. The van der Waals surface area contributed by atoms with Crippen LogP contribution in [0.3, 0.4) is 0 Å². The Bertz CT molecular complexity index is 1070. The van der Waals surface area contributed by atoms with Crippen molar-refractivity contribution in [1.82, 2.24) is 25.6 Å². The average Bonchev–Trinajstić information content (AvgIpc) is 3.15. The fourth-order valence-electron chi connectivity index (χ4n) is 2.59. The lowest BCUT2D eigenvalue weighted by Crippen LogP contribution is -2.42. The Morgan fingerprint density at radius 2 is 1.81 bits per heavy atom. The van der Waals surface area contributed by atoms with Gasteiger partial charge in [-0.15, -0.1) is 10.2 Å². The smallest absolute Gasteiger partial charge is 0.312 e. The normalized spacial score (nSPS) is 11.2. The van der Waals surface area contributed by atoms with Gasteiger partial charge in [-0.05, 0) is 29.3 Å². The Morgan fingerprint density at radius 3 is 2.45 bits per heavy atom. The number of carbonyl (C=O) groups is 2. The number of benzene rings is 2. The molecule has 1 heterocycles. The highest BCUT2D eigenvalue weighted by Gasteiger charge is 2.30. The minimum Gasteiger partial charge on any atom is -0.312 e. The predicted molar refractivity (Wildman–Crippen MR) is 108 cm³/mol. The van der Waals surface area contributed by atoms with Crippen molar-refractivity contribution in [2.75, 3.05) is 0 Å². The quantitative estimate of drug-likeness (QED) is 0.446. The van der Waals surface area contributed by atoms with Crippen molar-refractivity contribution in [1.29, 1.82) is 0 Å². The van der Waals surface area contributed by atoms with E-state index in [2.05, 4.69) is 21.0 Å². The van der Waals surface area contributed by atoms with Crippen LogP contribution in [-0.2, 0) is 30.2 Å². The van der Waals surface area contributed by atoms with E-state index in [1.807, 2.05) is 7.05 Å². The van der Waals surface area contributed by atoms with E-state index in [9.17, 15) is 22.8 Å². The van der Waals surface area contributed by atoms with Gasteiger partial charge in [-0.1, -0.05) is 42.1 Å². The van der Waals surface area contributed by atoms with E-state index in [1.54, 1.807) is 35.2 Å². The number of amides is 2. The molecule has 0 aliphatic carbocycles. The van der Waals surface area contributed by atoms with Crippen molar-refractivity contribution in [2.24, 2.45) is 7.05 Å². The number of nitrogens with zero attached hydrogens (tertiary/aromatic N) is 3. The summed E-state index contributed by atoms with van der Waals surface area (Å²) < 4.78 is 40.0. The van der Waals surface area contributed by atoms with Crippen molar-refractivity contribution in [3.05, 3.63) is 77.1 Å². The number of halogens is 3. The van der Waals surface area contributed by atoms with Gasteiger partial charge >= 0.3 is 6.18 Å². The maximum atomic E-state index is 12.7. The summed E-state index contributed by atoms with van der Waals surface area (Å²) in [6.45, 7) is 0. The van der Waals surface area contributed by atoms with Gasteiger partial charge in [0.25, 0.3) is 5.91 Å². The zero-order chi connectivity index (χ0) is 22.4. The minimum absolute atomic E-state index is 0.186. The lowest BCUT2D eigenvalue weighted by atomic mass is 10.1. The number of thioether (sulfide) groups is 1. The van der Waals surface area contributed by atoms with Crippen molar-refractivity contribution in [2.45, 2.75) is 23.5 Å². The molecular formula is C20H18F3N5O2S. The van der Waals surface area contributed by atoms with Crippen LogP contribution in [0.1, 0.15) is 27.0 Å². The highest BCUT2D eigenvalue weighted by molar-refractivity contribution is 7.98. The number of hydrazine groups is 1. The summed E-state index contributed by atoms with van der Waals surface area (Å²) in [6.07, 6.45) is -3.18. The standard InChI is InChI=1S/C20H18F3N5O2S/c1-28-12-24-27-19(28)31-11-13-5-7-15(8-6-13)18(30)26-25-17(29)10-14-3-2-4-16(9-14)20(21,22)23/h2-9,12H,10-11H2,1H3,(H,25,29)(H,26,30). The average molecular weight is 449 g/mol. The largest absolute Gasteiger partial charge is 0.416 e. The first kappa shape index (κ1) is 22.3. The molecule has 0 unspecified atom stereocenters. The van der Waals surface area contributed by atoms with Crippen LogP contribution < -0.4 is 10.9 Å². The zero-order valence-electron chi connectivity index (χ0n) is 16.3. The second-order valence-electron chi connectivity index (χ2n) is 6.59. The number of hydrogen-bond acceptors (Lipinski definition) is 5. The van der Waals surface area contributed by atoms with E-state index in [0.29, 0.717) is 11.3 Å². The van der Waals surface area contributed by atoms with Crippen molar-refractivity contribution >= 4 is 23.6 Å². The monoisotopic (exact) mass is 449 g/mol. The third kappa shape index (κ3) is 6.32. The van der Waals surface area contributed by atoms with Crippen LogP contribution in [0.2, 0.25) is 0 Å². The van der Waals surface area contributed by atoms with Gasteiger partial charge in [-0.3, -0.25) is 20.4 Å². The Morgan fingerprint density at radius 1 is 1.06 bits per heavy atom. The van der Waals surface area contributed by atoms with Crippen molar-refractivity contribution in [3.8, 4) is 0 Å². The fourth-order valence-corrected chi connectivity index (χ4v) is 3.43. The van der Waals surface area contributed by atoms with Gasteiger partial charge in [0, 0.05) is 18.4 Å². The van der Waals surface area contributed by atoms with Crippen LogP contribution >= 0.6 is 11.8 Å². The summed E-state index contributed by atoms with van der Waals surface area (Å²) in [5, 5.41) is 8.55. The molecule has 0 bridgehead atoms. The molecule has 0 spiro atoms. The summed E-state index contributed by atoms with van der Waals surface area (Å²) in [5.74, 6) is -0.531. The SMILES string of the molecule is Cn1cnnc1SCc1ccc(C(=O)NNC(=O)Cc2cccc(C(F)(F)F)c2)cc1. The van der Waals surface area contributed by atoms with Crippen molar-refractivity contribution in [3.63, 3.8) is 0 Å². The molecule has 2 aromatic carbocycles. The molecule has 0 aliphatic heterocycles. The molecule has 0 saturated carbocycles. The second-order valence-corrected chi connectivity index (χ2v) is 7.53. The van der Waals surface area contributed by atoms with Crippen LogP contribution in [0, 0.1) is 0 Å². The maximum Gasteiger partial charge on any atom is 0.416 e. The molecular weight excluding hydrogens is 431 g/mol. The predicted octanol–water partition coefficient (Wildman–Crippen LogP) is 3.13. The molecule has 7 nitrogen and oxygen atoms in total. The number of hydrogen-bond donors (Lipinski definition) is 2. The summed E-state index contributed by atoms with van der Waals surface area (Å²) in [4.78, 5) is 24.2.